The molecule has 5 nitrogen and oxygen atoms in total. The number of nitrogens with one attached hydrogen (secondary N) is 1. The summed E-state index contributed by atoms with van der Waals surface area (Å²) in [6.45, 7) is 0. The molecule has 8 heteroatoms. The van der Waals surface area contributed by atoms with E-state index in [-0.39, 0.29) is 0 Å². The van der Waals surface area contributed by atoms with E-state index in [4.69, 9.17) is 34.8 Å². The fourth-order valence-electron chi connectivity index (χ4n) is 2.77. The van der Waals surface area contributed by atoms with Crippen LogP contribution in [0.5, 0.6) is 0 Å². The van der Waals surface area contributed by atoms with Crippen molar-refractivity contribution >= 4 is 52.6 Å². The number of hydrogen-bond donors (Lipinski definition) is 1. The maximum Gasteiger partial charge on any atom is 0.332 e. The summed E-state index contributed by atoms with van der Waals surface area (Å²) < 4.78 is 0. The normalized spacial score (nSPS) is 16.0. The zero-order chi connectivity index (χ0) is 18.2. The maximum absolute atomic E-state index is 13.1. The fourth-order valence-corrected chi connectivity index (χ4v) is 3.15. The molecule has 0 radical (unpaired) electrons. The SMILES string of the molecule is O=C(CCl)N1C(=O)NC(c2ccc(Cl)cc2)(c2ccc(Cl)cc2)C1=O. The molecule has 0 aliphatic carbocycles. The second kappa shape index (κ2) is 6.67. The van der Waals surface area contributed by atoms with Gasteiger partial charge < -0.3 is 5.32 Å². The van der Waals surface area contributed by atoms with Gasteiger partial charge in [0.25, 0.3) is 11.8 Å². The number of benzene rings is 2. The van der Waals surface area contributed by atoms with Crippen molar-refractivity contribution < 1.29 is 14.4 Å². The Morgan fingerprint density at radius 2 is 1.36 bits per heavy atom. The smallest absolute Gasteiger partial charge is 0.315 e. The molecule has 1 N–H and O–H groups in total. The van der Waals surface area contributed by atoms with Crippen molar-refractivity contribution in [3.05, 3.63) is 69.7 Å². The highest BCUT2D eigenvalue weighted by Crippen LogP contribution is 2.37. The van der Waals surface area contributed by atoms with E-state index in [1.807, 2.05) is 0 Å². The number of imide groups is 3. The van der Waals surface area contributed by atoms with Crippen LogP contribution in [0.3, 0.4) is 0 Å². The first-order valence-electron chi connectivity index (χ1n) is 7.17. The lowest BCUT2D eigenvalue weighted by atomic mass is 9.82. The number of rotatable bonds is 3. The molecule has 2 aromatic rings. The van der Waals surface area contributed by atoms with Crippen molar-refractivity contribution in [2.75, 3.05) is 5.88 Å². The molecule has 4 amide bonds. The highest BCUT2D eigenvalue weighted by molar-refractivity contribution is 6.32. The van der Waals surface area contributed by atoms with Crippen LogP contribution in [-0.4, -0.2) is 28.6 Å². The van der Waals surface area contributed by atoms with Crippen LogP contribution in [0.4, 0.5) is 4.79 Å². The van der Waals surface area contributed by atoms with Crippen LogP contribution >= 0.6 is 34.8 Å². The molecule has 3 rings (SSSR count). The molecule has 0 saturated carbocycles. The Morgan fingerprint density at radius 1 is 0.920 bits per heavy atom. The van der Waals surface area contributed by atoms with Crippen LogP contribution in [0.25, 0.3) is 0 Å². The predicted molar refractivity (Wildman–Crippen MR) is 94.8 cm³/mol. The number of urea groups is 1. The summed E-state index contributed by atoms with van der Waals surface area (Å²) in [7, 11) is 0. The molecule has 1 aliphatic rings. The molecule has 0 spiro atoms. The van der Waals surface area contributed by atoms with Crippen LogP contribution in [0, 0.1) is 0 Å². The van der Waals surface area contributed by atoms with Crippen LogP contribution < -0.4 is 5.32 Å². The summed E-state index contributed by atoms with van der Waals surface area (Å²) >= 11 is 17.4. The third kappa shape index (κ3) is 2.88. The highest BCUT2D eigenvalue weighted by atomic mass is 35.5. The van der Waals surface area contributed by atoms with E-state index < -0.39 is 29.3 Å². The number of amides is 4. The zero-order valence-corrected chi connectivity index (χ0v) is 14.9. The lowest BCUT2D eigenvalue weighted by molar-refractivity contribution is -0.139. The van der Waals surface area contributed by atoms with Gasteiger partial charge in [0.2, 0.25) is 0 Å². The average molecular weight is 398 g/mol. The second-order valence-corrected chi connectivity index (χ2v) is 6.50. The van der Waals surface area contributed by atoms with Gasteiger partial charge in [0.05, 0.1) is 0 Å². The van der Waals surface area contributed by atoms with Gasteiger partial charge in [-0.1, -0.05) is 47.5 Å². The third-order valence-electron chi connectivity index (χ3n) is 3.94. The number of alkyl halides is 1. The lowest BCUT2D eigenvalue weighted by Gasteiger charge is -2.27. The summed E-state index contributed by atoms with van der Waals surface area (Å²) in [5, 5.41) is 3.57. The standard InChI is InChI=1S/C17H11Cl3N2O3/c18-9-14(23)22-15(24)17(21-16(22)25,10-1-5-12(19)6-2-10)11-3-7-13(20)8-4-11/h1-8H,9H2,(H,21,25). The van der Waals surface area contributed by atoms with Gasteiger partial charge in [-0.05, 0) is 35.4 Å². The van der Waals surface area contributed by atoms with Gasteiger partial charge in [0.1, 0.15) is 5.88 Å². The minimum absolute atomic E-state index is 0.461. The number of halogens is 3. The molecule has 0 aromatic heterocycles. The maximum atomic E-state index is 13.1. The molecular formula is C17H11Cl3N2O3. The van der Waals surface area contributed by atoms with E-state index >= 15 is 0 Å². The first kappa shape index (κ1) is 17.7. The molecule has 0 unspecified atom stereocenters. The Kier molecular flexibility index (Phi) is 4.73. The minimum Gasteiger partial charge on any atom is -0.315 e. The molecular weight excluding hydrogens is 387 g/mol. The van der Waals surface area contributed by atoms with E-state index in [0.29, 0.717) is 26.1 Å². The Hall–Kier alpha value is -2.08. The van der Waals surface area contributed by atoms with E-state index in [0.717, 1.165) is 0 Å². The Bertz CT molecular complexity index is 805. The van der Waals surface area contributed by atoms with Crippen molar-refractivity contribution in [3.8, 4) is 0 Å². The molecule has 1 aliphatic heterocycles. The zero-order valence-electron chi connectivity index (χ0n) is 12.6. The fraction of sp³-hybridized carbons (Fsp3) is 0.118. The third-order valence-corrected chi connectivity index (χ3v) is 4.67. The first-order chi connectivity index (χ1) is 11.9. The van der Waals surface area contributed by atoms with Crippen LogP contribution in [0.15, 0.2) is 48.5 Å². The molecule has 25 heavy (non-hydrogen) atoms. The van der Waals surface area contributed by atoms with Crippen LogP contribution in [-0.2, 0) is 15.1 Å². The van der Waals surface area contributed by atoms with E-state index in [1.54, 1.807) is 48.5 Å². The molecule has 128 valence electrons. The molecule has 1 fully saturated rings. The summed E-state index contributed by atoms with van der Waals surface area (Å²) in [5.74, 6) is -2.02. The Balaban J connectivity index is 2.22. The Labute approximate surface area is 158 Å². The van der Waals surface area contributed by atoms with Gasteiger partial charge in [-0.2, -0.15) is 4.90 Å². The second-order valence-electron chi connectivity index (χ2n) is 5.36. The monoisotopic (exact) mass is 396 g/mol. The average Bonchev–Trinajstić information content (AvgIpc) is 2.87. The van der Waals surface area contributed by atoms with E-state index in [1.165, 1.54) is 0 Å². The first-order valence-corrected chi connectivity index (χ1v) is 8.47. The van der Waals surface area contributed by atoms with Crippen molar-refractivity contribution in [1.29, 1.82) is 0 Å². The van der Waals surface area contributed by atoms with Gasteiger partial charge in [0, 0.05) is 10.0 Å². The van der Waals surface area contributed by atoms with Crippen molar-refractivity contribution in [3.63, 3.8) is 0 Å². The molecule has 0 bridgehead atoms. The van der Waals surface area contributed by atoms with Crippen molar-refractivity contribution in [2.24, 2.45) is 0 Å². The summed E-state index contributed by atoms with van der Waals surface area (Å²) in [5.41, 5.74) is -0.640. The minimum atomic E-state index is -1.56. The van der Waals surface area contributed by atoms with E-state index in [9.17, 15) is 14.4 Å². The molecule has 1 saturated heterocycles. The largest absolute Gasteiger partial charge is 0.332 e. The van der Waals surface area contributed by atoms with Crippen molar-refractivity contribution in [1.82, 2.24) is 10.2 Å². The summed E-state index contributed by atoms with van der Waals surface area (Å²) in [6, 6.07) is 12.0. The summed E-state index contributed by atoms with van der Waals surface area (Å²) in [6.07, 6.45) is 0. The highest BCUT2D eigenvalue weighted by Gasteiger charge is 2.55. The van der Waals surface area contributed by atoms with Crippen LogP contribution in [0.1, 0.15) is 11.1 Å². The topological polar surface area (TPSA) is 66.5 Å². The van der Waals surface area contributed by atoms with Gasteiger partial charge in [-0.25, -0.2) is 4.79 Å². The van der Waals surface area contributed by atoms with Crippen molar-refractivity contribution in [2.45, 2.75) is 5.54 Å². The van der Waals surface area contributed by atoms with Gasteiger partial charge in [0.15, 0.2) is 5.54 Å². The van der Waals surface area contributed by atoms with Gasteiger partial charge >= 0.3 is 6.03 Å². The predicted octanol–water partition coefficient (Wildman–Crippen LogP) is 3.55. The molecule has 1 heterocycles. The number of carbonyl (C=O) groups excluding carboxylic acids is 3. The lowest BCUT2D eigenvalue weighted by Crippen LogP contribution is -2.45. The Morgan fingerprint density at radius 3 is 1.76 bits per heavy atom. The number of nitrogens with zero attached hydrogens (tertiary/aromatic N) is 1. The molecule has 0 atom stereocenters. The van der Waals surface area contributed by atoms with Crippen LogP contribution in [0.2, 0.25) is 10.0 Å². The quantitative estimate of drug-likeness (QED) is 0.636. The van der Waals surface area contributed by atoms with Gasteiger partial charge in [-0.3, -0.25) is 9.59 Å². The number of carbonyl (C=O) groups is 3. The van der Waals surface area contributed by atoms with Gasteiger partial charge in [-0.15, -0.1) is 11.6 Å². The summed E-state index contributed by atoms with van der Waals surface area (Å²) in [4.78, 5) is 37.9. The number of hydrogen-bond acceptors (Lipinski definition) is 3. The molecule has 2 aromatic carbocycles. The van der Waals surface area contributed by atoms with E-state index in [2.05, 4.69) is 5.32 Å².